The molecule has 0 aromatic heterocycles. The van der Waals surface area contributed by atoms with Crippen LogP contribution in [-0.4, -0.2) is 41.1 Å². The van der Waals surface area contributed by atoms with E-state index >= 15 is 0 Å². The molecule has 0 unspecified atom stereocenters. The van der Waals surface area contributed by atoms with E-state index in [-0.39, 0.29) is 18.4 Å². The first-order valence-corrected chi connectivity index (χ1v) is 8.74. The highest BCUT2D eigenvalue weighted by Gasteiger charge is 2.40. The van der Waals surface area contributed by atoms with E-state index in [1.807, 2.05) is 0 Å². The van der Waals surface area contributed by atoms with Gasteiger partial charge in [-0.25, -0.2) is 0 Å². The molecular weight excluding hydrogens is 320 g/mol. The molecule has 25 heavy (non-hydrogen) atoms. The van der Waals surface area contributed by atoms with Crippen LogP contribution in [-0.2, 0) is 14.3 Å². The van der Waals surface area contributed by atoms with E-state index < -0.39 is 17.9 Å². The van der Waals surface area contributed by atoms with Gasteiger partial charge in [-0.2, -0.15) is 5.26 Å². The highest BCUT2D eigenvalue weighted by molar-refractivity contribution is 5.81. The van der Waals surface area contributed by atoms with E-state index in [0.717, 1.165) is 19.4 Å². The molecule has 2 aliphatic rings. The summed E-state index contributed by atoms with van der Waals surface area (Å²) >= 11 is 0. The van der Waals surface area contributed by atoms with E-state index in [2.05, 4.69) is 6.07 Å². The SMILES string of the molecule is N#Cc1cccc([C@@H]2[C@H](C(=O)O)CCC(=O)N2CC[C@@H]2CCCO2)c1. The van der Waals surface area contributed by atoms with Crippen LogP contribution in [0.15, 0.2) is 24.3 Å². The summed E-state index contributed by atoms with van der Waals surface area (Å²) in [6, 6.07) is 8.47. The smallest absolute Gasteiger partial charge is 0.308 e. The molecule has 2 heterocycles. The van der Waals surface area contributed by atoms with E-state index in [9.17, 15) is 14.7 Å². The molecule has 2 saturated heterocycles. The van der Waals surface area contributed by atoms with Crippen molar-refractivity contribution in [2.24, 2.45) is 5.92 Å². The van der Waals surface area contributed by atoms with Crippen molar-refractivity contribution in [1.82, 2.24) is 4.90 Å². The number of ether oxygens (including phenoxy) is 1. The van der Waals surface area contributed by atoms with Gasteiger partial charge in [0.1, 0.15) is 0 Å². The first-order chi connectivity index (χ1) is 12.1. The van der Waals surface area contributed by atoms with E-state index in [4.69, 9.17) is 10.00 Å². The van der Waals surface area contributed by atoms with Gasteiger partial charge in [0, 0.05) is 19.6 Å². The van der Waals surface area contributed by atoms with E-state index in [1.54, 1.807) is 29.2 Å². The Hall–Kier alpha value is -2.39. The lowest BCUT2D eigenvalue weighted by molar-refractivity contribution is -0.152. The molecule has 1 amide bonds. The van der Waals surface area contributed by atoms with Crippen LogP contribution in [0.25, 0.3) is 0 Å². The van der Waals surface area contributed by atoms with Crippen molar-refractivity contribution < 1.29 is 19.4 Å². The molecule has 0 bridgehead atoms. The molecule has 3 atom stereocenters. The van der Waals surface area contributed by atoms with Crippen LogP contribution in [0, 0.1) is 17.2 Å². The van der Waals surface area contributed by atoms with Crippen molar-refractivity contribution in [3.8, 4) is 6.07 Å². The summed E-state index contributed by atoms with van der Waals surface area (Å²) in [7, 11) is 0. The maximum atomic E-state index is 12.5. The van der Waals surface area contributed by atoms with Gasteiger partial charge in [-0.05, 0) is 43.4 Å². The standard InChI is InChI=1S/C19H22N2O4/c20-12-13-3-1-4-14(11-13)18-16(19(23)24)6-7-17(22)21(18)9-8-15-5-2-10-25-15/h1,3-4,11,15-16,18H,2,5-10H2,(H,23,24)/t15-,16+,18+/m0/s1. The average Bonchev–Trinajstić information content (AvgIpc) is 3.13. The molecule has 6 nitrogen and oxygen atoms in total. The third kappa shape index (κ3) is 3.83. The summed E-state index contributed by atoms with van der Waals surface area (Å²) in [5.41, 5.74) is 1.19. The predicted octanol–water partition coefficient (Wildman–Crippen LogP) is 2.49. The third-order valence-corrected chi connectivity index (χ3v) is 5.10. The van der Waals surface area contributed by atoms with Gasteiger partial charge in [0.05, 0.1) is 29.7 Å². The zero-order valence-corrected chi connectivity index (χ0v) is 14.1. The lowest BCUT2D eigenvalue weighted by atomic mass is 9.83. The fourth-order valence-corrected chi connectivity index (χ4v) is 3.83. The number of hydrogen-bond acceptors (Lipinski definition) is 4. The number of rotatable bonds is 5. The Morgan fingerprint density at radius 1 is 1.40 bits per heavy atom. The average molecular weight is 342 g/mol. The number of benzene rings is 1. The van der Waals surface area contributed by atoms with Gasteiger partial charge in [0.15, 0.2) is 0 Å². The van der Waals surface area contributed by atoms with E-state index in [0.29, 0.717) is 30.5 Å². The number of hydrogen-bond donors (Lipinski definition) is 1. The Balaban J connectivity index is 1.88. The molecule has 0 radical (unpaired) electrons. The molecule has 1 aromatic rings. The zero-order chi connectivity index (χ0) is 17.8. The second kappa shape index (κ2) is 7.66. The molecule has 1 N–H and O–H groups in total. The fourth-order valence-electron chi connectivity index (χ4n) is 3.83. The molecule has 2 aliphatic heterocycles. The van der Waals surface area contributed by atoms with E-state index in [1.165, 1.54) is 0 Å². The molecule has 0 spiro atoms. The van der Waals surface area contributed by atoms with Crippen LogP contribution in [0.1, 0.15) is 49.3 Å². The predicted molar refractivity (Wildman–Crippen MR) is 89.6 cm³/mol. The number of aliphatic carboxylic acids is 1. The minimum Gasteiger partial charge on any atom is -0.481 e. The molecule has 2 fully saturated rings. The number of piperidine rings is 1. The minimum absolute atomic E-state index is 0.0251. The van der Waals surface area contributed by atoms with Crippen molar-refractivity contribution in [1.29, 1.82) is 5.26 Å². The van der Waals surface area contributed by atoms with Crippen molar-refractivity contribution in [2.45, 2.75) is 44.2 Å². The van der Waals surface area contributed by atoms with Crippen molar-refractivity contribution in [3.05, 3.63) is 35.4 Å². The second-order valence-corrected chi connectivity index (χ2v) is 6.68. The number of nitriles is 1. The summed E-state index contributed by atoms with van der Waals surface area (Å²) in [5.74, 6) is -1.58. The summed E-state index contributed by atoms with van der Waals surface area (Å²) in [6.45, 7) is 1.23. The largest absolute Gasteiger partial charge is 0.481 e. The molecule has 6 heteroatoms. The van der Waals surface area contributed by atoms with Gasteiger partial charge in [0.2, 0.25) is 5.91 Å². The second-order valence-electron chi connectivity index (χ2n) is 6.68. The van der Waals surface area contributed by atoms with Crippen molar-refractivity contribution in [2.75, 3.05) is 13.2 Å². The Morgan fingerprint density at radius 3 is 2.92 bits per heavy atom. The van der Waals surface area contributed by atoms with Crippen LogP contribution < -0.4 is 0 Å². The molecule has 3 rings (SSSR count). The summed E-state index contributed by atoms with van der Waals surface area (Å²) in [6.07, 6.45) is 3.45. The van der Waals surface area contributed by atoms with Gasteiger partial charge in [-0.1, -0.05) is 12.1 Å². The first-order valence-electron chi connectivity index (χ1n) is 8.74. The quantitative estimate of drug-likeness (QED) is 0.888. The van der Waals surface area contributed by atoms with Gasteiger partial charge in [-0.3, -0.25) is 9.59 Å². The highest BCUT2D eigenvalue weighted by atomic mass is 16.5. The van der Waals surface area contributed by atoms with Crippen LogP contribution in [0.5, 0.6) is 0 Å². The summed E-state index contributed by atoms with van der Waals surface area (Å²) in [5, 5.41) is 18.8. The first kappa shape index (κ1) is 17.4. The lowest BCUT2D eigenvalue weighted by Crippen LogP contribution is -2.46. The number of amides is 1. The van der Waals surface area contributed by atoms with Gasteiger partial charge in [-0.15, -0.1) is 0 Å². The van der Waals surface area contributed by atoms with Crippen LogP contribution in [0.2, 0.25) is 0 Å². The maximum absolute atomic E-state index is 12.5. The topological polar surface area (TPSA) is 90.6 Å². The third-order valence-electron chi connectivity index (χ3n) is 5.10. The lowest BCUT2D eigenvalue weighted by Gasteiger charge is -2.40. The molecule has 132 valence electrons. The Morgan fingerprint density at radius 2 is 2.24 bits per heavy atom. The van der Waals surface area contributed by atoms with Gasteiger partial charge in [0.25, 0.3) is 0 Å². The highest BCUT2D eigenvalue weighted by Crippen LogP contribution is 2.37. The Kier molecular flexibility index (Phi) is 5.34. The summed E-state index contributed by atoms with van der Waals surface area (Å²) < 4.78 is 5.63. The molecule has 1 aromatic carbocycles. The molecular formula is C19H22N2O4. The minimum atomic E-state index is -0.901. The maximum Gasteiger partial charge on any atom is 0.308 e. The fraction of sp³-hybridized carbons (Fsp3) is 0.526. The number of carbonyl (C=O) groups excluding carboxylic acids is 1. The number of likely N-dealkylation sites (tertiary alicyclic amines) is 1. The Labute approximate surface area is 147 Å². The number of nitrogens with zero attached hydrogens (tertiary/aromatic N) is 2. The zero-order valence-electron chi connectivity index (χ0n) is 14.1. The van der Waals surface area contributed by atoms with Gasteiger partial charge >= 0.3 is 5.97 Å². The summed E-state index contributed by atoms with van der Waals surface area (Å²) in [4.78, 5) is 26.0. The van der Waals surface area contributed by atoms with Crippen LogP contribution in [0.4, 0.5) is 0 Å². The molecule has 0 saturated carbocycles. The van der Waals surface area contributed by atoms with Crippen molar-refractivity contribution in [3.63, 3.8) is 0 Å². The number of carboxylic acid groups (broad SMARTS) is 1. The van der Waals surface area contributed by atoms with Crippen LogP contribution >= 0.6 is 0 Å². The normalized spacial score (nSPS) is 26.4. The Bertz CT molecular complexity index is 691. The van der Waals surface area contributed by atoms with Crippen molar-refractivity contribution >= 4 is 11.9 Å². The van der Waals surface area contributed by atoms with Crippen LogP contribution in [0.3, 0.4) is 0 Å². The van der Waals surface area contributed by atoms with Gasteiger partial charge < -0.3 is 14.7 Å². The monoisotopic (exact) mass is 342 g/mol. The molecule has 0 aliphatic carbocycles. The number of carbonyl (C=O) groups is 2. The number of carboxylic acids is 1.